The molecule has 0 aromatic heterocycles. The van der Waals surface area contributed by atoms with Crippen LogP contribution >= 0.6 is 0 Å². The summed E-state index contributed by atoms with van der Waals surface area (Å²) in [5.74, 6) is -0.885. The summed E-state index contributed by atoms with van der Waals surface area (Å²) < 4.78 is 32.3. The second-order valence-electron chi connectivity index (χ2n) is 6.86. The maximum Gasteiger partial charge on any atom is 0.310 e. The van der Waals surface area contributed by atoms with Crippen LogP contribution in [0.5, 0.6) is 0 Å². The molecule has 156 valence electrons. The van der Waals surface area contributed by atoms with Gasteiger partial charge < -0.3 is 9.64 Å². The summed E-state index contributed by atoms with van der Waals surface area (Å²) >= 11 is 0. The smallest absolute Gasteiger partial charge is 0.310 e. The zero-order chi connectivity index (χ0) is 20.7. The summed E-state index contributed by atoms with van der Waals surface area (Å²) in [7, 11) is -3.72. The van der Waals surface area contributed by atoms with Crippen molar-refractivity contribution in [2.45, 2.75) is 44.9 Å². The van der Waals surface area contributed by atoms with Gasteiger partial charge in [-0.2, -0.15) is 4.31 Å². The van der Waals surface area contributed by atoms with E-state index in [9.17, 15) is 18.0 Å². The van der Waals surface area contributed by atoms with Crippen LogP contribution in [0.15, 0.2) is 29.2 Å². The van der Waals surface area contributed by atoms with E-state index in [-0.39, 0.29) is 29.9 Å². The van der Waals surface area contributed by atoms with Gasteiger partial charge in [-0.05, 0) is 57.4 Å². The van der Waals surface area contributed by atoms with Gasteiger partial charge in [0.2, 0.25) is 10.0 Å². The van der Waals surface area contributed by atoms with E-state index in [1.54, 1.807) is 24.0 Å². The number of carbonyl (C=O) groups excluding carboxylic acids is 2. The Morgan fingerprint density at radius 3 is 2.43 bits per heavy atom. The van der Waals surface area contributed by atoms with Crippen LogP contribution in [0.4, 0.5) is 0 Å². The molecule has 1 aromatic rings. The molecule has 1 amide bonds. The second kappa shape index (κ2) is 10.0. The van der Waals surface area contributed by atoms with E-state index in [4.69, 9.17) is 4.74 Å². The number of sulfonamides is 1. The van der Waals surface area contributed by atoms with Gasteiger partial charge in [0.05, 0.1) is 17.4 Å². The van der Waals surface area contributed by atoms with Crippen molar-refractivity contribution in [1.29, 1.82) is 0 Å². The number of hydrogen-bond donors (Lipinski definition) is 0. The summed E-state index contributed by atoms with van der Waals surface area (Å²) in [6.45, 7) is 7.72. The lowest BCUT2D eigenvalue weighted by molar-refractivity contribution is -0.149. The van der Waals surface area contributed by atoms with Crippen LogP contribution < -0.4 is 0 Å². The SMILES string of the molecule is CCCN(CC)C(=O)c1ccc(S(=O)(=O)N2CCC[C@@H](C(=O)OCC)C2)cc1. The Bertz CT molecular complexity index is 776. The molecule has 0 unspecified atom stereocenters. The van der Waals surface area contributed by atoms with Gasteiger partial charge in [-0.15, -0.1) is 0 Å². The van der Waals surface area contributed by atoms with Crippen molar-refractivity contribution in [2.24, 2.45) is 5.92 Å². The number of esters is 1. The van der Waals surface area contributed by atoms with Crippen LogP contribution in [0.1, 0.15) is 50.4 Å². The Morgan fingerprint density at radius 2 is 1.86 bits per heavy atom. The van der Waals surface area contributed by atoms with Crippen molar-refractivity contribution in [3.05, 3.63) is 29.8 Å². The van der Waals surface area contributed by atoms with Gasteiger partial charge in [0, 0.05) is 31.7 Å². The first-order valence-electron chi connectivity index (χ1n) is 9.91. The molecule has 2 rings (SSSR count). The average Bonchev–Trinajstić information content (AvgIpc) is 2.72. The number of carbonyl (C=O) groups is 2. The number of amides is 1. The summed E-state index contributed by atoms with van der Waals surface area (Å²) in [6.07, 6.45) is 2.10. The van der Waals surface area contributed by atoms with Crippen molar-refractivity contribution in [3.63, 3.8) is 0 Å². The van der Waals surface area contributed by atoms with Crippen LogP contribution in [0, 0.1) is 5.92 Å². The molecule has 1 heterocycles. The summed E-state index contributed by atoms with van der Waals surface area (Å²) in [5.41, 5.74) is 0.470. The van der Waals surface area contributed by atoms with Crippen molar-refractivity contribution in [2.75, 3.05) is 32.8 Å². The summed E-state index contributed by atoms with van der Waals surface area (Å²) in [4.78, 5) is 26.4. The maximum atomic E-state index is 13.0. The number of hydrogen-bond acceptors (Lipinski definition) is 5. The van der Waals surface area contributed by atoms with Gasteiger partial charge >= 0.3 is 5.97 Å². The van der Waals surface area contributed by atoms with E-state index in [1.807, 2.05) is 13.8 Å². The van der Waals surface area contributed by atoms with E-state index in [0.717, 1.165) is 6.42 Å². The molecular weight excluding hydrogens is 380 g/mol. The number of rotatable bonds is 8. The summed E-state index contributed by atoms with van der Waals surface area (Å²) in [6, 6.07) is 6.05. The van der Waals surface area contributed by atoms with Crippen LogP contribution in [-0.2, 0) is 19.6 Å². The van der Waals surface area contributed by atoms with E-state index in [1.165, 1.54) is 16.4 Å². The molecule has 1 aromatic carbocycles. The normalized spacial score (nSPS) is 17.9. The molecule has 1 aliphatic heterocycles. The topological polar surface area (TPSA) is 84.0 Å². The second-order valence-corrected chi connectivity index (χ2v) is 8.80. The molecule has 0 bridgehead atoms. The summed E-state index contributed by atoms with van der Waals surface area (Å²) in [5, 5.41) is 0. The zero-order valence-corrected chi connectivity index (χ0v) is 17.7. The number of ether oxygens (including phenoxy) is 1. The maximum absolute atomic E-state index is 13.0. The lowest BCUT2D eigenvalue weighted by atomic mass is 10.0. The highest BCUT2D eigenvalue weighted by molar-refractivity contribution is 7.89. The lowest BCUT2D eigenvalue weighted by Crippen LogP contribution is -2.42. The number of benzene rings is 1. The third kappa shape index (κ3) is 5.11. The first-order valence-corrected chi connectivity index (χ1v) is 11.3. The largest absolute Gasteiger partial charge is 0.466 e. The van der Waals surface area contributed by atoms with Gasteiger partial charge in [-0.1, -0.05) is 6.92 Å². The zero-order valence-electron chi connectivity index (χ0n) is 16.9. The fourth-order valence-electron chi connectivity index (χ4n) is 3.39. The Balaban J connectivity index is 2.15. The van der Waals surface area contributed by atoms with Crippen LogP contribution in [0.25, 0.3) is 0 Å². The molecule has 0 spiro atoms. The lowest BCUT2D eigenvalue weighted by Gasteiger charge is -2.30. The molecule has 7 nitrogen and oxygen atoms in total. The molecule has 0 N–H and O–H groups in total. The Kier molecular flexibility index (Phi) is 8.00. The van der Waals surface area contributed by atoms with E-state index < -0.39 is 15.9 Å². The third-order valence-electron chi connectivity index (χ3n) is 4.91. The van der Waals surface area contributed by atoms with Crippen molar-refractivity contribution in [3.8, 4) is 0 Å². The Labute approximate surface area is 167 Å². The quantitative estimate of drug-likeness (QED) is 0.615. The standard InChI is InChI=1S/C20H30N2O5S/c1-4-13-21(5-2)19(23)16-9-11-18(12-10-16)28(25,26)22-14-7-8-17(15-22)20(24)27-6-3/h9-12,17H,4-8,13-15H2,1-3H3/t17-/m1/s1. The van der Waals surface area contributed by atoms with Crippen molar-refractivity contribution < 1.29 is 22.7 Å². The van der Waals surface area contributed by atoms with E-state index >= 15 is 0 Å². The minimum atomic E-state index is -3.72. The molecule has 0 aliphatic carbocycles. The van der Waals surface area contributed by atoms with Crippen LogP contribution in [0.2, 0.25) is 0 Å². The molecule has 1 saturated heterocycles. The Morgan fingerprint density at radius 1 is 1.18 bits per heavy atom. The molecule has 1 fully saturated rings. The fourth-order valence-corrected chi connectivity index (χ4v) is 4.91. The molecule has 0 radical (unpaired) electrons. The molecule has 1 aliphatic rings. The minimum absolute atomic E-state index is 0.103. The van der Waals surface area contributed by atoms with E-state index in [2.05, 4.69) is 0 Å². The van der Waals surface area contributed by atoms with Gasteiger partial charge in [0.25, 0.3) is 5.91 Å². The van der Waals surface area contributed by atoms with Crippen LogP contribution in [0.3, 0.4) is 0 Å². The van der Waals surface area contributed by atoms with E-state index in [0.29, 0.717) is 38.0 Å². The first-order chi connectivity index (χ1) is 13.3. The first kappa shape index (κ1) is 22.4. The minimum Gasteiger partial charge on any atom is -0.466 e. The highest BCUT2D eigenvalue weighted by Gasteiger charge is 2.34. The average molecular weight is 411 g/mol. The molecule has 1 atom stereocenters. The van der Waals surface area contributed by atoms with Gasteiger partial charge in [0.1, 0.15) is 0 Å². The van der Waals surface area contributed by atoms with Crippen molar-refractivity contribution >= 4 is 21.9 Å². The predicted molar refractivity (Wildman–Crippen MR) is 106 cm³/mol. The van der Waals surface area contributed by atoms with Crippen LogP contribution in [-0.4, -0.2) is 62.3 Å². The number of nitrogens with zero attached hydrogens (tertiary/aromatic N) is 2. The van der Waals surface area contributed by atoms with Gasteiger partial charge in [0.15, 0.2) is 0 Å². The molecular formula is C20H30N2O5S. The fraction of sp³-hybridized carbons (Fsp3) is 0.600. The third-order valence-corrected chi connectivity index (χ3v) is 6.78. The predicted octanol–water partition coefficient (Wildman–Crippen LogP) is 2.52. The number of piperidine rings is 1. The van der Waals surface area contributed by atoms with Gasteiger partial charge in [-0.25, -0.2) is 8.42 Å². The highest BCUT2D eigenvalue weighted by Crippen LogP contribution is 2.25. The van der Waals surface area contributed by atoms with Crippen molar-refractivity contribution in [1.82, 2.24) is 9.21 Å². The molecule has 8 heteroatoms. The van der Waals surface area contributed by atoms with Gasteiger partial charge in [-0.3, -0.25) is 9.59 Å². The molecule has 28 heavy (non-hydrogen) atoms. The molecule has 0 saturated carbocycles. The monoisotopic (exact) mass is 410 g/mol. The Hall–Kier alpha value is -1.93. The highest BCUT2D eigenvalue weighted by atomic mass is 32.2.